The van der Waals surface area contributed by atoms with E-state index in [0.29, 0.717) is 16.3 Å². The van der Waals surface area contributed by atoms with Crippen LogP contribution in [0, 0.1) is 11.3 Å². The van der Waals surface area contributed by atoms with Crippen molar-refractivity contribution < 1.29 is 4.74 Å². The van der Waals surface area contributed by atoms with Crippen LogP contribution in [-0.4, -0.2) is 17.5 Å². The Morgan fingerprint density at radius 1 is 1.31 bits per heavy atom. The maximum absolute atomic E-state index is 6.07. The molecule has 0 saturated heterocycles. The van der Waals surface area contributed by atoms with Crippen molar-refractivity contribution in [3.05, 3.63) is 0 Å². The molecule has 1 nitrogen and oxygen atoms in total. The Balaban J connectivity index is 2.27. The lowest BCUT2D eigenvalue weighted by atomic mass is 9.62. The Kier molecular flexibility index (Phi) is 5.79. The molecule has 0 bridgehead atoms. The first-order valence-electron chi connectivity index (χ1n) is 6.82. The van der Waals surface area contributed by atoms with Crippen LogP contribution in [0.5, 0.6) is 0 Å². The Labute approximate surface area is 109 Å². The van der Waals surface area contributed by atoms with Crippen molar-refractivity contribution in [2.24, 2.45) is 11.3 Å². The molecule has 0 heterocycles. The molecule has 1 rings (SSSR count). The summed E-state index contributed by atoms with van der Waals surface area (Å²) in [4.78, 5) is 0.671. The summed E-state index contributed by atoms with van der Waals surface area (Å²) in [5.41, 5.74) is 0.415. The third-order valence-electron chi connectivity index (χ3n) is 4.25. The second kappa shape index (κ2) is 6.39. The lowest BCUT2D eigenvalue weighted by Crippen LogP contribution is -2.54. The number of rotatable bonds is 7. The van der Waals surface area contributed by atoms with Gasteiger partial charge in [-0.25, -0.2) is 0 Å². The van der Waals surface area contributed by atoms with Gasteiger partial charge in [0.05, 0.1) is 6.10 Å². The molecule has 0 radical (unpaired) electrons. The maximum atomic E-state index is 6.07. The van der Waals surface area contributed by atoms with E-state index < -0.39 is 0 Å². The minimum absolute atomic E-state index is 0.415. The van der Waals surface area contributed by atoms with Gasteiger partial charge in [0.1, 0.15) is 0 Å². The molecule has 0 aromatic carbocycles. The molecule has 16 heavy (non-hydrogen) atoms. The van der Waals surface area contributed by atoms with E-state index in [4.69, 9.17) is 4.74 Å². The fourth-order valence-corrected chi connectivity index (χ4v) is 4.08. The molecule has 0 N–H and O–H groups in total. The Hall–Kier alpha value is 0.440. The minimum Gasteiger partial charge on any atom is -0.378 e. The second-order valence-electron chi connectivity index (χ2n) is 5.54. The molecule has 0 spiro atoms. The zero-order valence-electron chi connectivity index (χ0n) is 11.3. The van der Waals surface area contributed by atoms with E-state index in [-0.39, 0.29) is 0 Å². The van der Waals surface area contributed by atoms with Gasteiger partial charge in [-0.3, -0.25) is 0 Å². The molecule has 1 fully saturated rings. The van der Waals surface area contributed by atoms with Crippen molar-refractivity contribution in [3.63, 3.8) is 0 Å². The average molecular weight is 291 g/mol. The Bertz CT molecular complexity index is 199. The van der Waals surface area contributed by atoms with E-state index in [9.17, 15) is 0 Å². The van der Waals surface area contributed by atoms with Crippen LogP contribution in [0.3, 0.4) is 0 Å². The van der Waals surface area contributed by atoms with Gasteiger partial charge < -0.3 is 4.74 Å². The van der Waals surface area contributed by atoms with Crippen LogP contribution in [0.15, 0.2) is 0 Å². The third-order valence-corrected chi connectivity index (χ3v) is 5.53. The van der Waals surface area contributed by atoms with Crippen LogP contribution in [0.1, 0.15) is 59.8 Å². The van der Waals surface area contributed by atoms with Crippen LogP contribution >= 0.6 is 15.9 Å². The molecule has 0 aromatic heterocycles. The predicted molar refractivity (Wildman–Crippen MR) is 74.2 cm³/mol. The summed E-state index contributed by atoms with van der Waals surface area (Å²) in [6.45, 7) is 10.1. The molecule has 1 saturated carbocycles. The zero-order valence-corrected chi connectivity index (χ0v) is 12.8. The predicted octanol–water partition coefficient (Wildman–Crippen LogP) is 4.78. The monoisotopic (exact) mass is 290 g/mol. The molecule has 1 aliphatic carbocycles. The second-order valence-corrected chi connectivity index (χ2v) is 6.64. The van der Waals surface area contributed by atoms with Gasteiger partial charge in [-0.1, -0.05) is 43.6 Å². The summed E-state index contributed by atoms with van der Waals surface area (Å²) in [5.74, 6) is 0.802. The average Bonchev–Trinajstić information content (AvgIpc) is 2.24. The number of halogens is 1. The highest BCUT2D eigenvalue weighted by Gasteiger charge is 2.51. The molecule has 0 amide bonds. The van der Waals surface area contributed by atoms with Gasteiger partial charge in [0, 0.05) is 16.8 Å². The van der Waals surface area contributed by atoms with Crippen molar-refractivity contribution in [3.8, 4) is 0 Å². The highest BCUT2D eigenvalue weighted by atomic mass is 79.9. The van der Waals surface area contributed by atoms with Crippen molar-refractivity contribution in [1.29, 1.82) is 0 Å². The van der Waals surface area contributed by atoms with Crippen LogP contribution in [0.2, 0.25) is 0 Å². The standard InChI is InChI=1S/C14H27BrO/c1-5-14(6-2)12(15)10-13(14)16-9-7-8-11(3)4/h11-13H,5-10H2,1-4H3. The summed E-state index contributed by atoms with van der Waals surface area (Å²) in [6, 6.07) is 0. The Morgan fingerprint density at radius 3 is 2.38 bits per heavy atom. The normalized spacial score (nSPS) is 28.1. The number of hydrogen-bond donors (Lipinski definition) is 0. The number of hydrogen-bond acceptors (Lipinski definition) is 1. The lowest BCUT2D eigenvalue weighted by molar-refractivity contribution is -0.109. The van der Waals surface area contributed by atoms with Crippen LogP contribution in [0.4, 0.5) is 0 Å². The van der Waals surface area contributed by atoms with E-state index in [2.05, 4.69) is 43.6 Å². The molecule has 2 heteroatoms. The van der Waals surface area contributed by atoms with Gasteiger partial charge in [-0.2, -0.15) is 0 Å². The fraction of sp³-hybridized carbons (Fsp3) is 1.00. The number of alkyl halides is 1. The lowest BCUT2D eigenvalue weighted by Gasteiger charge is -2.53. The highest BCUT2D eigenvalue weighted by Crippen LogP contribution is 2.52. The van der Waals surface area contributed by atoms with Gasteiger partial charge in [0.15, 0.2) is 0 Å². The number of ether oxygens (including phenoxy) is 1. The van der Waals surface area contributed by atoms with E-state index in [1.165, 1.54) is 32.1 Å². The Morgan fingerprint density at radius 2 is 1.94 bits per heavy atom. The molecule has 1 aliphatic rings. The first-order valence-corrected chi connectivity index (χ1v) is 7.74. The van der Waals surface area contributed by atoms with E-state index in [1.54, 1.807) is 0 Å². The van der Waals surface area contributed by atoms with Crippen molar-refractivity contribution >= 4 is 15.9 Å². The molecular weight excluding hydrogens is 264 g/mol. The SMILES string of the molecule is CCC1(CC)C(Br)CC1OCCCC(C)C. The van der Waals surface area contributed by atoms with Gasteiger partial charge in [-0.05, 0) is 38.0 Å². The van der Waals surface area contributed by atoms with Crippen molar-refractivity contribution in [2.75, 3.05) is 6.61 Å². The molecular formula is C14H27BrO. The largest absolute Gasteiger partial charge is 0.378 e. The smallest absolute Gasteiger partial charge is 0.0652 e. The van der Waals surface area contributed by atoms with Crippen molar-refractivity contribution in [2.45, 2.75) is 70.7 Å². The quantitative estimate of drug-likeness (QED) is 0.484. The molecule has 2 atom stereocenters. The summed E-state index contributed by atoms with van der Waals surface area (Å²) in [6.07, 6.45) is 6.66. The van der Waals surface area contributed by atoms with Gasteiger partial charge >= 0.3 is 0 Å². The molecule has 2 unspecified atom stereocenters. The van der Waals surface area contributed by atoms with Crippen LogP contribution in [0.25, 0.3) is 0 Å². The summed E-state index contributed by atoms with van der Waals surface area (Å²) < 4.78 is 6.07. The summed E-state index contributed by atoms with van der Waals surface area (Å²) >= 11 is 3.80. The minimum atomic E-state index is 0.415. The fourth-order valence-electron chi connectivity index (χ4n) is 2.80. The van der Waals surface area contributed by atoms with Gasteiger partial charge in [0.25, 0.3) is 0 Å². The molecule has 0 aromatic rings. The summed E-state index contributed by atoms with van der Waals surface area (Å²) in [5, 5.41) is 0. The molecule has 96 valence electrons. The van der Waals surface area contributed by atoms with Gasteiger partial charge in [-0.15, -0.1) is 0 Å². The van der Waals surface area contributed by atoms with Crippen molar-refractivity contribution in [1.82, 2.24) is 0 Å². The zero-order chi connectivity index (χ0) is 12.2. The maximum Gasteiger partial charge on any atom is 0.0652 e. The first-order chi connectivity index (χ1) is 7.56. The van der Waals surface area contributed by atoms with Crippen LogP contribution < -0.4 is 0 Å². The summed E-state index contributed by atoms with van der Waals surface area (Å²) in [7, 11) is 0. The topological polar surface area (TPSA) is 9.23 Å². The van der Waals surface area contributed by atoms with E-state index in [1.807, 2.05) is 0 Å². The van der Waals surface area contributed by atoms with E-state index in [0.717, 1.165) is 12.5 Å². The van der Waals surface area contributed by atoms with Gasteiger partial charge in [0.2, 0.25) is 0 Å². The van der Waals surface area contributed by atoms with Crippen LogP contribution in [-0.2, 0) is 4.74 Å². The highest BCUT2D eigenvalue weighted by molar-refractivity contribution is 9.09. The first kappa shape index (κ1) is 14.5. The third kappa shape index (κ3) is 3.01. The van der Waals surface area contributed by atoms with E-state index >= 15 is 0 Å². The molecule has 0 aliphatic heterocycles.